The molecule has 136 valence electrons. The van der Waals surface area contributed by atoms with Gasteiger partial charge in [-0.05, 0) is 37.6 Å². The van der Waals surface area contributed by atoms with Crippen LogP contribution in [-0.2, 0) is 13.1 Å². The Labute approximate surface area is 166 Å². The first-order valence-electron chi connectivity index (χ1n) is 8.06. The molecule has 6 heteroatoms. The lowest BCUT2D eigenvalue weighted by Crippen LogP contribution is -2.36. The molecule has 0 bridgehead atoms. The monoisotopic (exact) mass is 455 g/mol. The topological polar surface area (TPSA) is 65.9 Å². The Bertz CT molecular complexity index is 688. The maximum absolute atomic E-state index is 9.95. The number of phenols is 1. The first-order chi connectivity index (χ1) is 11.6. The van der Waals surface area contributed by atoms with Crippen LogP contribution in [0.4, 0.5) is 0 Å². The number of hydrogen-bond acceptors (Lipinski definition) is 3. The minimum Gasteiger partial charge on any atom is -0.508 e. The van der Waals surface area contributed by atoms with Crippen LogP contribution < -0.4 is 15.4 Å². The molecule has 0 spiro atoms. The first kappa shape index (κ1) is 21.1. The van der Waals surface area contributed by atoms with Crippen LogP contribution in [0.2, 0.25) is 0 Å². The molecule has 2 rings (SSSR count). The second-order valence-corrected chi connectivity index (χ2v) is 5.53. The minimum atomic E-state index is 0. The van der Waals surface area contributed by atoms with Gasteiger partial charge in [0.25, 0.3) is 0 Å². The van der Waals surface area contributed by atoms with E-state index in [1.54, 1.807) is 19.2 Å². The summed E-state index contributed by atoms with van der Waals surface area (Å²) in [6.45, 7) is 5.91. The predicted molar refractivity (Wildman–Crippen MR) is 113 cm³/mol. The molecule has 0 aliphatic heterocycles. The fraction of sp³-hybridized carbons (Fsp3) is 0.316. The zero-order valence-electron chi connectivity index (χ0n) is 14.9. The summed E-state index contributed by atoms with van der Waals surface area (Å²) < 4.78 is 5.19. The van der Waals surface area contributed by atoms with Gasteiger partial charge in [-0.1, -0.05) is 29.8 Å². The molecule has 0 radical (unpaired) electrons. The van der Waals surface area contributed by atoms with Crippen LogP contribution in [0.3, 0.4) is 0 Å². The Morgan fingerprint density at radius 3 is 2.48 bits per heavy atom. The molecule has 5 nitrogen and oxygen atoms in total. The van der Waals surface area contributed by atoms with Gasteiger partial charge in [0.05, 0.1) is 13.7 Å². The molecule has 0 heterocycles. The summed E-state index contributed by atoms with van der Waals surface area (Å²) >= 11 is 0. The van der Waals surface area contributed by atoms with Gasteiger partial charge in [0.15, 0.2) is 5.96 Å². The van der Waals surface area contributed by atoms with E-state index in [9.17, 15) is 5.11 Å². The number of guanidine groups is 1. The van der Waals surface area contributed by atoms with Crippen molar-refractivity contribution >= 4 is 29.9 Å². The molecule has 0 fully saturated rings. The second kappa shape index (κ2) is 10.8. The largest absolute Gasteiger partial charge is 0.508 e. The average Bonchev–Trinajstić information content (AvgIpc) is 2.60. The Kier molecular flexibility index (Phi) is 9.12. The molecule has 0 atom stereocenters. The molecule has 3 N–H and O–H groups in total. The van der Waals surface area contributed by atoms with Gasteiger partial charge in [-0.15, -0.1) is 24.0 Å². The van der Waals surface area contributed by atoms with Crippen LogP contribution in [0.25, 0.3) is 0 Å². The fourth-order valence-electron chi connectivity index (χ4n) is 2.21. The first-order valence-corrected chi connectivity index (χ1v) is 8.06. The van der Waals surface area contributed by atoms with Gasteiger partial charge in [0.2, 0.25) is 0 Å². The zero-order valence-corrected chi connectivity index (χ0v) is 17.2. The van der Waals surface area contributed by atoms with Crippen molar-refractivity contribution in [2.45, 2.75) is 26.9 Å². The number of aryl methyl sites for hydroxylation is 1. The summed E-state index contributed by atoms with van der Waals surface area (Å²) in [6, 6.07) is 13.5. The van der Waals surface area contributed by atoms with Crippen LogP contribution in [0, 0.1) is 6.92 Å². The van der Waals surface area contributed by atoms with Crippen molar-refractivity contribution in [3.05, 3.63) is 59.2 Å². The van der Waals surface area contributed by atoms with E-state index in [2.05, 4.69) is 46.8 Å². The summed E-state index contributed by atoms with van der Waals surface area (Å²) in [5.41, 5.74) is 3.15. The van der Waals surface area contributed by atoms with Crippen LogP contribution in [0.15, 0.2) is 47.5 Å². The summed E-state index contributed by atoms with van der Waals surface area (Å²) in [4.78, 5) is 4.58. The summed E-state index contributed by atoms with van der Waals surface area (Å²) in [6.07, 6.45) is 0. The molecular formula is C19H26IN3O2. The summed E-state index contributed by atoms with van der Waals surface area (Å²) in [5, 5.41) is 16.4. The molecule has 0 saturated carbocycles. The summed E-state index contributed by atoms with van der Waals surface area (Å²) in [7, 11) is 1.61. The number of hydrogen-bond donors (Lipinski definition) is 3. The number of aliphatic imine (C=N–C) groups is 1. The number of aromatic hydroxyl groups is 1. The van der Waals surface area contributed by atoms with Gasteiger partial charge >= 0.3 is 0 Å². The van der Waals surface area contributed by atoms with Crippen molar-refractivity contribution in [2.24, 2.45) is 4.99 Å². The van der Waals surface area contributed by atoms with Gasteiger partial charge < -0.3 is 20.5 Å². The van der Waals surface area contributed by atoms with Crippen LogP contribution in [-0.4, -0.2) is 24.7 Å². The Balaban J connectivity index is 0.00000312. The van der Waals surface area contributed by atoms with E-state index in [1.807, 2.05) is 13.0 Å². The van der Waals surface area contributed by atoms with Gasteiger partial charge in [0, 0.05) is 18.7 Å². The molecule has 0 unspecified atom stereocenters. The summed E-state index contributed by atoms with van der Waals surface area (Å²) in [5.74, 6) is 1.66. The smallest absolute Gasteiger partial charge is 0.191 e. The third-order valence-electron chi connectivity index (χ3n) is 3.62. The van der Waals surface area contributed by atoms with E-state index in [4.69, 9.17) is 4.74 Å². The highest BCUT2D eigenvalue weighted by atomic mass is 127. The lowest BCUT2D eigenvalue weighted by Gasteiger charge is -2.13. The van der Waals surface area contributed by atoms with Gasteiger partial charge in [0.1, 0.15) is 11.5 Å². The third-order valence-corrected chi connectivity index (χ3v) is 3.62. The van der Waals surface area contributed by atoms with E-state index in [0.717, 1.165) is 17.7 Å². The van der Waals surface area contributed by atoms with Crippen LogP contribution in [0.5, 0.6) is 11.5 Å². The molecule has 0 saturated heterocycles. The Morgan fingerprint density at radius 1 is 1.12 bits per heavy atom. The van der Waals surface area contributed by atoms with Crippen LogP contribution >= 0.6 is 24.0 Å². The normalized spacial score (nSPS) is 10.8. The average molecular weight is 455 g/mol. The highest BCUT2D eigenvalue weighted by Gasteiger charge is 2.05. The molecule has 2 aromatic rings. The van der Waals surface area contributed by atoms with E-state index < -0.39 is 0 Å². The van der Waals surface area contributed by atoms with E-state index in [0.29, 0.717) is 24.8 Å². The van der Waals surface area contributed by atoms with Crippen molar-refractivity contribution in [3.8, 4) is 11.5 Å². The fourth-order valence-corrected chi connectivity index (χ4v) is 2.21. The quantitative estimate of drug-likeness (QED) is 0.354. The number of ether oxygens (including phenoxy) is 1. The molecule has 25 heavy (non-hydrogen) atoms. The number of phenolic OH excluding ortho intramolecular Hbond substituents is 1. The maximum Gasteiger partial charge on any atom is 0.191 e. The highest BCUT2D eigenvalue weighted by Crippen LogP contribution is 2.22. The SMILES string of the molecule is CCNC(=NCc1ccc(C)cc1)NCc1cc(OC)ccc1O.I. The van der Waals surface area contributed by atoms with Crippen molar-refractivity contribution in [2.75, 3.05) is 13.7 Å². The zero-order chi connectivity index (χ0) is 17.4. The number of nitrogens with one attached hydrogen (secondary N) is 2. The number of methoxy groups -OCH3 is 1. The lowest BCUT2D eigenvalue weighted by molar-refractivity contribution is 0.410. The van der Waals surface area contributed by atoms with E-state index in [-0.39, 0.29) is 29.7 Å². The molecule has 2 aromatic carbocycles. The molecule has 0 aliphatic carbocycles. The van der Waals surface area contributed by atoms with Crippen molar-refractivity contribution < 1.29 is 9.84 Å². The van der Waals surface area contributed by atoms with Crippen LogP contribution in [0.1, 0.15) is 23.6 Å². The number of halogens is 1. The van der Waals surface area contributed by atoms with E-state index >= 15 is 0 Å². The van der Waals surface area contributed by atoms with Crippen molar-refractivity contribution in [1.29, 1.82) is 0 Å². The predicted octanol–water partition coefficient (Wildman–Crippen LogP) is 3.58. The molecule has 0 amide bonds. The molecular weight excluding hydrogens is 429 g/mol. The van der Waals surface area contributed by atoms with Gasteiger partial charge in [-0.2, -0.15) is 0 Å². The highest BCUT2D eigenvalue weighted by molar-refractivity contribution is 14.0. The minimum absolute atomic E-state index is 0. The number of nitrogens with zero attached hydrogens (tertiary/aromatic N) is 1. The lowest BCUT2D eigenvalue weighted by atomic mass is 10.1. The van der Waals surface area contributed by atoms with Crippen molar-refractivity contribution in [1.82, 2.24) is 10.6 Å². The number of rotatable bonds is 6. The molecule has 0 aliphatic rings. The van der Waals surface area contributed by atoms with Gasteiger partial charge in [-0.25, -0.2) is 4.99 Å². The maximum atomic E-state index is 9.95. The Hall–Kier alpha value is -1.96. The van der Waals surface area contributed by atoms with Crippen molar-refractivity contribution in [3.63, 3.8) is 0 Å². The standard InChI is InChI=1S/C19H25N3O2.HI/c1-4-20-19(21-12-15-7-5-14(2)6-8-15)22-13-16-11-17(24-3)9-10-18(16)23;/h5-11,23H,4,12-13H2,1-3H3,(H2,20,21,22);1H. The second-order valence-electron chi connectivity index (χ2n) is 5.53. The third kappa shape index (κ3) is 6.81. The molecule has 0 aromatic heterocycles. The van der Waals surface area contributed by atoms with E-state index in [1.165, 1.54) is 5.56 Å². The number of benzene rings is 2. The van der Waals surface area contributed by atoms with Gasteiger partial charge in [-0.3, -0.25) is 0 Å². The Morgan fingerprint density at radius 2 is 1.84 bits per heavy atom.